The summed E-state index contributed by atoms with van der Waals surface area (Å²) >= 11 is 6.29. The molecule has 3 aromatic rings. The van der Waals surface area contributed by atoms with Gasteiger partial charge in [-0.2, -0.15) is 13.9 Å². The quantitative estimate of drug-likeness (QED) is 0.223. The van der Waals surface area contributed by atoms with E-state index in [-0.39, 0.29) is 34.4 Å². The number of carbonyl (C=O) groups is 2. The van der Waals surface area contributed by atoms with Crippen molar-refractivity contribution in [3.8, 4) is 11.3 Å². The van der Waals surface area contributed by atoms with Gasteiger partial charge < -0.3 is 20.9 Å². The predicted molar refractivity (Wildman–Crippen MR) is 143 cm³/mol. The molecule has 2 aromatic heterocycles. The number of anilines is 1. The predicted octanol–water partition coefficient (Wildman–Crippen LogP) is 4.74. The number of aromatic nitrogens is 4. The highest BCUT2D eigenvalue weighted by atomic mass is 35.5. The Bertz CT molecular complexity index is 1330. The molecule has 38 heavy (non-hydrogen) atoms. The third-order valence-corrected chi connectivity index (χ3v) is 6.03. The average Bonchev–Trinajstić information content (AvgIpc) is 3.41. The van der Waals surface area contributed by atoms with Gasteiger partial charge in [0, 0.05) is 38.0 Å². The summed E-state index contributed by atoms with van der Waals surface area (Å²) in [6.45, 7) is 7.73. The van der Waals surface area contributed by atoms with Gasteiger partial charge in [-0.1, -0.05) is 30.2 Å². The number of rotatable bonds is 12. The molecule has 3 rings (SSSR count). The van der Waals surface area contributed by atoms with Crippen LogP contribution in [0.25, 0.3) is 11.3 Å². The molecule has 0 atom stereocenters. The number of nitrogens with two attached hydrogens (primary N) is 1. The third-order valence-electron chi connectivity index (χ3n) is 5.71. The number of carbonyl (C=O) groups excluding carboxylic acids is 2. The minimum Gasteiger partial charge on any atom is -0.352 e. The topological polar surface area (TPSA) is 120 Å². The smallest absolute Gasteiger partial charge is 0.291 e. The number of halogens is 3. The molecule has 0 radical (unpaired) electrons. The summed E-state index contributed by atoms with van der Waals surface area (Å²) in [5.74, 6) is -4.11. The zero-order valence-corrected chi connectivity index (χ0v) is 22.4. The number of unbranched alkanes of at least 4 members (excludes halogenated alkanes) is 2. The van der Waals surface area contributed by atoms with Gasteiger partial charge in [-0.05, 0) is 44.5 Å². The van der Waals surface area contributed by atoms with Gasteiger partial charge in [-0.15, -0.1) is 0 Å². The Balaban J connectivity index is 1.76. The first kappa shape index (κ1) is 29.0. The first-order valence-electron chi connectivity index (χ1n) is 12.1. The van der Waals surface area contributed by atoms with Crippen LogP contribution in [-0.2, 0) is 19.5 Å². The van der Waals surface area contributed by atoms with Gasteiger partial charge >= 0.3 is 0 Å². The number of hydrogen-bond donors (Lipinski definition) is 3. The summed E-state index contributed by atoms with van der Waals surface area (Å²) in [6.07, 6.45) is 5.46. The van der Waals surface area contributed by atoms with E-state index in [0.29, 0.717) is 24.5 Å². The first-order chi connectivity index (χ1) is 17.9. The van der Waals surface area contributed by atoms with Crippen molar-refractivity contribution in [3.05, 3.63) is 64.8 Å². The Labute approximate surface area is 225 Å². The molecule has 0 bridgehead atoms. The lowest BCUT2D eigenvalue weighted by atomic mass is 10.1. The minimum absolute atomic E-state index is 0.00607. The van der Waals surface area contributed by atoms with Crippen LogP contribution < -0.4 is 16.4 Å². The normalized spacial score (nSPS) is 11.4. The molecule has 0 aliphatic rings. The summed E-state index contributed by atoms with van der Waals surface area (Å²) in [5.41, 5.74) is 6.88. The van der Waals surface area contributed by atoms with Gasteiger partial charge in [0.2, 0.25) is 0 Å². The maximum atomic E-state index is 14.3. The molecule has 2 heterocycles. The molecule has 0 saturated carbocycles. The van der Waals surface area contributed by atoms with E-state index in [9.17, 15) is 18.4 Å². The van der Waals surface area contributed by atoms with Crippen molar-refractivity contribution in [2.75, 3.05) is 18.4 Å². The monoisotopic (exact) mass is 547 g/mol. The number of benzene rings is 1. The molecule has 0 aliphatic heterocycles. The number of allylic oxidation sites excluding steroid dienone is 1. The molecule has 0 spiro atoms. The minimum atomic E-state index is -3.21. The number of nitrogens with zero attached hydrogens (tertiary/aromatic N) is 4. The van der Waals surface area contributed by atoms with E-state index in [2.05, 4.69) is 27.3 Å². The van der Waals surface area contributed by atoms with Crippen molar-refractivity contribution >= 4 is 29.1 Å². The van der Waals surface area contributed by atoms with Crippen molar-refractivity contribution in [1.82, 2.24) is 24.6 Å². The van der Waals surface area contributed by atoms with E-state index in [4.69, 9.17) is 17.3 Å². The van der Waals surface area contributed by atoms with E-state index >= 15 is 0 Å². The maximum absolute atomic E-state index is 14.3. The lowest BCUT2D eigenvalue weighted by Gasteiger charge is -2.11. The Morgan fingerprint density at radius 1 is 1.21 bits per heavy atom. The highest BCUT2D eigenvalue weighted by Gasteiger charge is 2.33. The lowest BCUT2D eigenvalue weighted by molar-refractivity contribution is 0.0127. The zero-order valence-electron chi connectivity index (χ0n) is 21.7. The number of alkyl halides is 2. The third kappa shape index (κ3) is 7.05. The molecule has 204 valence electrons. The van der Waals surface area contributed by atoms with Gasteiger partial charge in [0.05, 0.1) is 29.0 Å². The maximum Gasteiger partial charge on any atom is 0.291 e. The molecule has 2 amide bonds. The van der Waals surface area contributed by atoms with E-state index in [1.807, 2.05) is 0 Å². The summed E-state index contributed by atoms with van der Waals surface area (Å²) in [7, 11) is 1.55. The van der Waals surface area contributed by atoms with Crippen LogP contribution in [0.3, 0.4) is 0 Å². The molecule has 0 unspecified atom stereocenters. The SMILES string of the molecule is C=C(C)Cn1cc(-c2cnc(C(=O)Nc3ccc(C(=O)NCCCCCN)c(Cl)c3)n2C)c(C(C)(F)F)n1. The largest absolute Gasteiger partial charge is 0.352 e. The summed E-state index contributed by atoms with van der Waals surface area (Å²) in [5, 5.41) is 9.70. The van der Waals surface area contributed by atoms with Crippen LogP contribution in [0.5, 0.6) is 0 Å². The van der Waals surface area contributed by atoms with Crippen molar-refractivity contribution in [2.24, 2.45) is 12.8 Å². The molecule has 9 nitrogen and oxygen atoms in total. The first-order valence-corrected chi connectivity index (χ1v) is 12.5. The molecule has 0 aliphatic carbocycles. The Morgan fingerprint density at radius 3 is 2.58 bits per heavy atom. The number of nitrogens with one attached hydrogen (secondary N) is 2. The van der Waals surface area contributed by atoms with Crippen LogP contribution in [-0.4, -0.2) is 44.2 Å². The molecule has 0 saturated heterocycles. The lowest BCUT2D eigenvalue weighted by Crippen LogP contribution is -2.25. The fourth-order valence-corrected chi connectivity index (χ4v) is 4.13. The Kier molecular flexibility index (Phi) is 9.40. The number of hydrogen-bond acceptors (Lipinski definition) is 5. The average molecular weight is 548 g/mol. The molecule has 12 heteroatoms. The van der Waals surface area contributed by atoms with Crippen LogP contribution in [0.15, 0.2) is 42.7 Å². The highest BCUT2D eigenvalue weighted by Crippen LogP contribution is 2.35. The van der Waals surface area contributed by atoms with E-state index in [0.717, 1.165) is 31.8 Å². The second kappa shape index (κ2) is 12.3. The fraction of sp³-hybridized carbons (Fsp3) is 0.385. The molecular formula is C26H32ClF2N7O2. The highest BCUT2D eigenvalue weighted by molar-refractivity contribution is 6.34. The van der Waals surface area contributed by atoms with Crippen LogP contribution in [0.2, 0.25) is 5.02 Å². The van der Waals surface area contributed by atoms with Gasteiger partial charge in [0.15, 0.2) is 5.82 Å². The van der Waals surface area contributed by atoms with E-state index < -0.39 is 17.5 Å². The van der Waals surface area contributed by atoms with Gasteiger partial charge in [-0.3, -0.25) is 14.3 Å². The van der Waals surface area contributed by atoms with Crippen LogP contribution in [0.1, 0.15) is 59.8 Å². The molecular weight excluding hydrogens is 516 g/mol. The number of amides is 2. The van der Waals surface area contributed by atoms with E-state index in [1.54, 1.807) is 20.0 Å². The standard InChI is InChI=1S/C26H32ClF2N7O2/c1-16(2)14-36-15-19(22(34-36)26(3,28)29)21-13-32-23(35(21)4)25(38)33-17-8-9-18(20(27)12-17)24(37)31-11-7-5-6-10-30/h8-9,12-13,15H,1,5-7,10-11,14,30H2,2-4H3,(H,31,37)(H,33,38). The second-order valence-electron chi connectivity index (χ2n) is 9.21. The zero-order chi connectivity index (χ0) is 28.0. The molecule has 4 N–H and O–H groups in total. The van der Waals surface area contributed by atoms with Crippen molar-refractivity contribution < 1.29 is 18.4 Å². The van der Waals surface area contributed by atoms with Crippen LogP contribution in [0, 0.1) is 0 Å². The summed E-state index contributed by atoms with van der Waals surface area (Å²) in [6, 6.07) is 4.53. The van der Waals surface area contributed by atoms with Crippen LogP contribution >= 0.6 is 11.6 Å². The number of imidazole rings is 1. The molecule has 0 fully saturated rings. The van der Waals surface area contributed by atoms with Crippen molar-refractivity contribution in [3.63, 3.8) is 0 Å². The van der Waals surface area contributed by atoms with Gasteiger partial charge in [-0.25, -0.2) is 4.98 Å². The summed E-state index contributed by atoms with van der Waals surface area (Å²) < 4.78 is 31.5. The second-order valence-corrected chi connectivity index (χ2v) is 9.62. The fourth-order valence-electron chi connectivity index (χ4n) is 3.87. The summed E-state index contributed by atoms with van der Waals surface area (Å²) in [4.78, 5) is 29.5. The Morgan fingerprint density at radius 2 is 1.95 bits per heavy atom. The van der Waals surface area contributed by atoms with Crippen LogP contribution in [0.4, 0.5) is 14.5 Å². The Hall–Kier alpha value is -3.57. The van der Waals surface area contributed by atoms with Gasteiger partial charge in [0.25, 0.3) is 17.7 Å². The molecule has 1 aromatic carbocycles. The van der Waals surface area contributed by atoms with Crippen molar-refractivity contribution in [1.29, 1.82) is 0 Å². The van der Waals surface area contributed by atoms with Gasteiger partial charge in [0.1, 0.15) is 5.69 Å². The van der Waals surface area contributed by atoms with Crippen molar-refractivity contribution in [2.45, 2.75) is 45.6 Å². The van der Waals surface area contributed by atoms with E-state index in [1.165, 1.54) is 33.8 Å².